The fraction of sp³-hybridized carbons (Fsp3) is 0.222. The molecule has 0 radical (unpaired) electrons. The first kappa shape index (κ1) is 8.80. The van der Waals surface area contributed by atoms with Gasteiger partial charge in [-0.05, 0) is 6.07 Å². The molecule has 2 rings (SSSR count). The number of urea groups is 1. The lowest BCUT2D eigenvalue weighted by Gasteiger charge is -2.10. The first-order valence-corrected chi connectivity index (χ1v) is 4.20. The third-order valence-electron chi connectivity index (χ3n) is 2.17. The van der Waals surface area contributed by atoms with Gasteiger partial charge in [-0.1, -0.05) is 12.1 Å². The lowest BCUT2D eigenvalue weighted by molar-refractivity contribution is 0.247. The van der Waals surface area contributed by atoms with Crippen LogP contribution in [0.1, 0.15) is 11.6 Å². The van der Waals surface area contributed by atoms with Crippen LogP contribution in [0.2, 0.25) is 0 Å². The highest BCUT2D eigenvalue weighted by Gasteiger charge is 2.24. The molecule has 0 saturated carbocycles. The largest absolute Gasteiger partial charge is 0.505 e. The molecule has 1 heterocycles. The van der Waals surface area contributed by atoms with Gasteiger partial charge in [0, 0.05) is 12.1 Å². The molecule has 2 amide bonds. The topological polar surface area (TPSA) is 61.4 Å². The Labute approximate surface area is 79.7 Å². The molecular formula is C9H9FN2O2. The van der Waals surface area contributed by atoms with Crippen molar-refractivity contribution in [2.24, 2.45) is 0 Å². The Morgan fingerprint density at radius 3 is 2.93 bits per heavy atom. The average molecular weight is 196 g/mol. The minimum Gasteiger partial charge on any atom is -0.505 e. The molecule has 4 nitrogen and oxygen atoms in total. The molecule has 14 heavy (non-hydrogen) atoms. The van der Waals surface area contributed by atoms with Gasteiger partial charge in [-0.3, -0.25) is 0 Å². The molecule has 1 saturated heterocycles. The van der Waals surface area contributed by atoms with Gasteiger partial charge in [0.2, 0.25) is 0 Å². The number of benzene rings is 1. The molecule has 1 aromatic carbocycles. The van der Waals surface area contributed by atoms with Crippen LogP contribution in [0.3, 0.4) is 0 Å². The van der Waals surface area contributed by atoms with Crippen molar-refractivity contribution < 1.29 is 14.3 Å². The Bertz CT molecular complexity index is 381. The van der Waals surface area contributed by atoms with Gasteiger partial charge in [0.15, 0.2) is 11.6 Å². The summed E-state index contributed by atoms with van der Waals surface area (Å²) >= 11 is 0. The Morgan fingerprint density at radius 2 is 2.29 bits per heavy atom. The molecule has 1 aromatic rings. The third-order valence-corrected chi connectivity index (χ3v) is 2.17. The van der Waals surface area contributed by atoms with E-state index in [1.165, 1.54) is 12.1 Å². The second-order valence-electron chi connectivity index (χ2n) is 3.08. The zero-order valence-electron chi connectivity index (χ0n) is 7.25. The second kappa shape index (κ2) is 3.17. The minimum atomic E-state index is -0.677. The van der Waals surface area contributed by atoms with E-state index in [0.29, 0.717) is 12.1 Å². The van der Waals surface area contributed by atoms with Crippen LogP contribution in [0.4, 0.5) is 9.18 Å². The number of aromatic hydroxyl groups is 1. The highest BCUT2D eigenvalue weighted by Crippen LogP contribution is 2.27. The first-order chi connectivity index (χ1) is 6.68. The summed E-state index contributed by atoms with van der Waals surface area (Å²) < 4.78 is 12.9. The van der Waals surface area contributed by atoms with E-state index in [4.69, 9.17) is 0 Å². The highest BCUT2D eigenvalue weighted by atomic mass is 19.1. The standard InChI is InChI=1S/C9H9FN2O2/c10-6-3-1-2-5(8(6)13)7-4-11-9(14)12-7/h1-3,7,13H,4H2,(H2,11,12,14)/t7-/m1/s1. The van der Waals surface area contributed by atoms with Crippen LogP contribution in [0.15, 0.2) is 18.2 Å². The quantitative estimate of drug-likeness (QED) is 0.624. The van der Waals surface area contributed by atoms with Crippen LogP contribution >= 0.6 is 0 Å². The molecule has 0 spiro atoms. The zero-order chi connectivity index (χ0) is 10.1. The maximum atomic E-state index is 12.9. The lowest BCUT2D eigenvalue weighted by atomic mass is 10.1. The van der Waals surface area contributed by atoms with E-state index in [9.17, 15) is 14.3 Å². The minimum absolute atomic E-state index is 0.307. The molecule has 0 unspecified atom stereocenters. The van der Waals surface area contributed by atoms with Crippen molar-refractivity contribution in [2.45, 2.75) is 6.04 Å². The van der Waals surface area contributed by atoms with Gasteiger partial charge >= 0.3 is 6.03 Å². The first-order valence-electron chi connectivity index (χ1n) is 4.20. The van der Waals surface area contributed by atoms with Gasteiger partial charge < -0.3 is 15.7 Å². The molecule has 0 aliphatic carbocycles. The van der Waals surface area contributed by atoms with Gasteiger partial charge in [-0.15, -0.1) is 0 Å². The molecular weight excluding hydrogens is 187 g/mol. The number of halogens is 1. The summed E-state index contributed by atoms with van der Waals surface area (Å²) in [6.07, 6.45) is 0. The van der Waals surface area contributed by atoms with Gasteiger partial charge in [0.1, 0.15) is 0 Å². The number of phenolic OH excluding ortho intramolecular Hbond substituents is 1. The molecule has 3 N–H and O–H groups in total. The number of carbonyl (C=O) groups is 1. The Kier molecular flexibility index (Phi) is 1.99. The third kappa shape index (κ3) is 1.37. The van der Waals surface area contributed by atoms with E-state index in [-0.39, 0.29) is 12.1 Å². The summed E-state index contributed by atoms with van der Waals surface area (Å²) in [5.74, 6) is -1.08. The number of hydrogen-bond donors (Lipinski definition) is 3. The number of nitrogens with one attached hydrogen (secondary N) is 2. The summed E-state index contributed by atoms with van der Waals surface area (Å²) in [6, 6.07) is 3.57. The van der Waals surface area contributed by atoms with Crippen molar-refractivity contribution in [3.63, 3.8) is 0 Å². The monoisotopic (exact) mass is 196 g/mol. The molecule has 0 aromatic heterocycles. The zero-order valence-corrected chi connectivity index (χ0v) is 7.25. The number of para-hydroxylation sites is 1. The molecule has 1 aliphatic rings. The van der Waals surface area contributed by atoms with Crippen LogP contribution in [-0.2, 0) is 0 Å². The van der Waals surface area contributed by atoms with Crippen molar-refractivity contribution in [3.8, 4) is 5.75 Å². The Hall–Kier alpha value is -1.78. The molecule has 5 heteroatoms. The summed E-state index contributed by atoms with van der Waals surface area (Å²) in [7, 11) is 0. The van der Waals surface area contributed by atoms with Crippen LogP contribution in [0, 0.1) is 5.82 Å². The van der Waals surface area contributed by atoms with Crippen molar-refractivity contribution in [1.29, 1.82) is 0 Å². The van der Waals surface area contributed by atoms with Crippen LogP contribution in [-0.4, -0.2) is 17.7 Å². The maximum Gasteiger partial charge on any atom is 0.315 e. The molecule has 1 fully saturated rings. The second-order valence-corrected chi connectivity index (χ2v) is 3.08. The number of carbonyl (C=O) groups excluding carboxylic acids is 1. The molecule has 74 valence electrons. The molecule has 1 aliphatic heterocycles. The van der Waals surface area contributed by atoms with E-state index in [0.717, 1.165) is 0 Å². The smallest absolute Gasteiger partial charge is 0.315 e. The van der Waals surface area contributed by atoms with Crippen molar-refractivity contribution >= 4 is 6.03 Å². The normalized spacial score (nSPS) is 20.4. The molecule has 1 atom stereocenters. The maximum absolute atomic E-state index is 12.9. The average Bonchev–Trinajstić information content (AvgIpc) is 2.57. The fourth-order valence-electron chi connectivity index (χ4n) is 1.46. The number of phenols is 1. The molecule has 0 bridgehead atoms. The summed E-state index contributed by atoms with van der Waals surface area (Å²) in [5.41, 5.74) is 0.392. The van der Waals surface area contributed by atoms with Gasteiger partial charge in [0.05, 0.1) is 6.04 Å². The van der Waals surface area contributed by atoms with E-state index >= 15 is 0 Å². The van der Waals surface area contributed by atoms with Crippen LogP contribution in [0.5, 0.6) is 5.75 Å². The summed E-state index contributed by atoms with van der Waals surface area (Å²) in [5, 5.41) is 14.5. The van der Waals surface area contributed by atoms with Gasteiger partial charge in [-0.2, -0.15) is 0 Å². The number of rotatable bonds is 1. The fourth-order valence-corrected chi connectivity index (χ4v) is 1.46. The van der Waals surface area contributed by atoms with E-state index in [1.54, 1.807) is 6.07 Å². The van der Waals surface area contributed by atoms with E-state index < -0.39 is 11.6 Å². The van der Waals surface area contributed by atoms with Gasteiger partial charge in [-0.25, -0.2) is 9.18 Å². The summed E-state index contributed by atoms with van der Waals surface area (Å²) in [4.78, 5) is 10.8. The van der Waals surface area contributed by atoms with Crippen molar-refractivity contribution in [3.05, 3.63) is 29.6 Å². The SMILES string of the molecule is O=C1NC[C@H](c2cccc(F)c2O)N1. The number of hydrogen-bond acceptors (Lipinski definition) is 2. The lowest BCUT2D eigenvalue weighted by Crippen LogP contribution is -2.21. The summed E-state index contributed by atoms with van der Waals surface area (Å²) in [6.45, 7) is 0.357. The Morgan fingerprint density at radius 1 is 1.50 bits per heavy atom. The van der Waals surface area contributed by atoms with E-state index in [2.05, 4.69) is 10.6 Å². The van der Waals surface area contributed by atoms with E-state index in [1.807, 2.05) is 0 Å². The van der Waals surface area contributed by atoms with Crippen molar-refractivity contribution in [1.82, 2.24) is 10.6 Å². The highest BCUT2D eigenvalue weighted by molar-refractivity contribution is 5.77. The predicted molar refractivity (Wildman–Crippen MR) is 47.3 cm³/mol. The van der Waals surface area contributed by atoms with Crippen LogP contribution < -0.4 is 10.6 Å². The van der Waals surface area contributed by atoms with Gasteiger partial charge in [0.25, 0.3) is 0 Å². The van der Waals surface area contributed by atoms with Crippen molar-refractivity contribution in [2.75, 3.05) is 6.54 Å². The van der Waals surface area contributed by atoms with Crippen LogP contribution in [0.25, 0.3) is 0 Å². The Balaban J connectivity index is 2.32. The predicted octanol–water partition coefficient (Wildman–Crippen LogP) is 0.885. The number of amides is 2.